The lowest BCUT2D eigenvalue weighted by Gasteiger charge is -2.17. The summed E-state index contributed by atoms with van der Waals surface area (Å²) in [5.74, 6) is 3.15. The Kier molecular flexibility index (Phi) is 5.59. The van der Waals surface area contributed by atoms with Crippen molar-refractivity contribution in [2.45, 2.75) is 19.4 Å². The maximum atomic E-state index is 11.5. The SMILES string of the molecule is C#CCNC(=O)N[C@H](CC)c1ccc(OC)cc1. The number of hydrogen-bond acceptors (Lipinski definition) is 2. The van der Waals surface area contributed by atoms with Crippen molar-refractivity contribution in [3.63, 3.8) is 0 Å². The number of amides is 2. The molecule has 0 fully saturated rings. The first kappa shape index (κ1) is 13.9. The van der Waals surface area contributed by atoms with Crippen molar-refractivity contribution in [3.05, 3.63) is 29.8 Å². The Bertz CT molecular complexity index is 420. The summed E-state index contributed by atoms with van der Waals surface area (Å²) in [5.41, 5.74) is 1.04. The average Bonchev–Trinajstić information content (AvgIpc) is 2.42. The van der Waals surface area contributed by atoms with E-state index in [1.165, 1.54) is 0 Å². The van der Waals surface area contributed by atoms with Gasteiger partial charge in [-0.15, -0.1) is 6.42 Å². The number of nitrogens with one attached hydrogen (secondary N) is 2. The van der Waals surface area contributed by atoms with E-state index in [0.29, 0.717) is 0 Å². The molecule has 4 nitrogen and oxygen atoms in total. The molecule has 1 rings (SSSR count). The zero-order valence-corrected chi connectivity index (χ0v) is 10.7. The molecule has 0 aliphatic carbocycles. The molecular formula is C14H18N2O2. The van der Waals surface area contributed by atoms with Gasteiger partial charge in [0.05, 0.1) is 19.7 Å². The molecule has 0 heterocycles. The van der Waals surface area contributed by atoms with Crippen LogP contribution in [0, 0.1) is 12.3 Å². The molecule has 0 bridgehead atoms. The van der Waals surface area contributed by atoms with Gasteiger partial charge in [-0.3, -0.25) is 0 Å². The van der Waals surface area contributed by atoms with E-state index in [1.807, 2.05) is 31.2 Å². The van der Waals surface area contributed by atoms with Crippen LogP contribution >= 0.6 is 0 Å². The zero-order chi connectivity index (χ0) is 13.4. The minimum atomic E-state index is -0.254. The highest BCUT2D eigenvalue weighted by Gasteiger charge is 2.11. The van der Waals surface area contributed by atoms with E-state index in [0.717, 1.165) is 17.7 Å². The second kappa shape index (κ2) is 7.23. The van der Waals surface area contributed by atoms with Gasteiger partial charge in [-0.05, 0) is 24.1 Å². The van der Waals surface area contributed by atoms with Gasteiger partial charge in [-0.25, -0.2) is 4.79 Å². The molecule has 1 aromatic rings. The topological polar surface area (TPSA) is 50.4 Å². The van der Waals surface area contributed by atoms with Crippen LogP contribution in [0.1, 0.15) is 24.9 Å². The number of rotatable bonds is 5. The number of ether oxygens (including phenoxy) is 1. The summed E-state index contributed by atoms with van der Waals surface area (Å²) in [6.07, 6.45) is 5.88. The Morgan fingerprint density at radius 1 is 1.44 bits per heavy atom. The number of urea groups is 1. The Labute approximate surface area is 108 Å². The molecule has 1 atom stereocenters. The Morgan fingerprint density at radius 2 is 2.11 bits per heavy atom. The van der Waals surface area contributed by atoms with E-state index >= 15 is 0 Å². The van der Waals surface area contributed by atoms with Crippen LogP contribution in [-0.4, -0.2) is 19.7 Å². The molecule has 4 heteroatoms. The minimum absolute atomic E-state index is 0.0336. The molecule has 0 aliphatic heterocycles. The maximum absolute atomic E-state index is 11.5. The highest BCUT2D eigenvalue weighted by molar-refractivity contribution is 5.74. The van der Waals surface area contributed by atoms with Gasteiger partial charge in [0.1, 0.15) is 5.75 Å². The molecule has 0 saturated carbocycles. The van der Waals surface area contributed by atoms with Gasteiger partial charge < -0.3 is 15.4 Å². The van der Waals surface area contributed by atoms with Crippen molar-refractivity contribution >= 4 is 6.03 Å². The van der Waals surface area contributed by atoms with Crippen LogP contribution < -0.4 is 15.4 Å². The summed E-state index contributed by atoms with van der Waals surface area (Å²) in [6.45, 7) is 2.24. The number of hydrogen-bond donors (Lipinski definition) is 2. The molecule has 0 saturated heterocycles. The van der Waals surface area contributed by atoms with Gasteiger partial charge in [0.25, 0.3) is 0 Å². The second-order valence-corrected chi connectivity index (χ2v) is 3.77. The van der Waals surface area contributed by atoms with Crippen LogP contribution in [0.3, 0.4) is 0 Å². The first-order valence-electron chi connectivity index (χ1n) is 5.83. The number of terminal acetylenes is 1. The smallest absolute Gasteiger partial charge is 0.316 e. The van der Waals surface area contributed by atoms with Crippen molar-refractivity contribution in [1.29, 1.82) is 0 Å². The fourth-order valence-electron chi connectivity index (χ4n) is 1.60. The second-order valence-electron chi connectivity index (χ2n) is 3.77. The highest BCUT2D eigenvalue weighted by atomic mass is 16.5. The summed E-state index contributed by atoms with van der Waals surface area (Å²) in [7, 11) is 1.62. The lowest BCUT2D eigenvalue weighted by Crippen LogP contribution is -2.37. The van der Waals surface area contributed by atoms with Crippen molar-refractivity contribution in [3.8, 4) is 18.1 Å². The summed E-state index contributed by atoms with van der Waals surface area (Å²) < 4.78 is 5.09. The summed E-state index contributed by atoms with van der Waals surface area (Å²) in [6, 6.07) is 7.34. The molecule has 0 radical (unpaired) electrons. The molecule has 0 aliphatic rings. The molecule has 0 spiro atoms. The van der Waals surface area contributed by atoms with Crippen LogP contribution in [-0.2, 0) is 0 Å². The maximum Gasteiger partial charge on any atom is 0.316 e. The third kappa shape index (κ3) is 4.02. The van der Waals surface area contributed by atoms with Crippen LogP contribution in [0.5, 0.6) is 5.75 Å². The van der Waals surface area contributed by atoms with Crippen molar-refractivity contribution in [1.82, 2.24) is 10.6 Å². The van der Waals surface area contributed by atoms with E-state index in [4.69, 9.17) is 11.2 Å². The Morgan fingerprint density at radius 3 is 2.61 bits per heavy atom. The molecule has 0 aromatic heterocycles. The monoisotopic (exact) mass is 246 g/mol. The summed E-state index contributed by atoms with van der Waals surface area (Å²) >= 11 is 0. The van der Waals surface area contributed by atoms with Gasteiger partial charge in [-0.2, -0.15) is 0 Å². The first-order valence-corrected chi connectivity index (χ1v) is 5.83. The molecule has 1 aromatic carbocycles. The Balaban J connectivity index is 2.64. The van der Waals surface area contributed by atoms with Gasteiger partial charge in [-0.1, -0.05) is 25.0 Å². The predicted molar refractivity (Wildman–Crippen MR) is 71.4 cm³/mol. The lowest BCUT2D eigenvalue weighted by molar-refractivity contribution is 0.238. The van der Waals surface area contributed by atoms with E-state index in [-0.39, 0.29) is 18.6 Å². The van der Waals surface area contributed by atoms with Crippen LogP contribution in [0.25, 0.3) is 0 Å². The number of carbonyl (C=O) groups is 1. The fourth-order valence-corrected chi connectivity index (χ4v) is 1.60. The molecule has 2 N–H and O–H groups in total. The predicted octanol–water partition coefficient (Wildman–Crippen LogP) is 2.08. The van der Waals surface area contributed by atoms with Gasteiger partial charge >= 0.3 is 6.03 Å². The first-order chi connectivity index (χ1) is 8.71. The normalized spacial score (nSPS) is 11.2. The lowest BCUT2D eigenvalue weighted by atomic mass is 10.0. The van der Waals surface area contributed by atoms with Crippen LogP contribution in [0.2, 0.25) is 0 Å². The van der Waals surface area contributed by atoms with Gasteiger partial charge in [0.15, 0.2) is 0 Å². The fraction of sp³-hybridized carbons (Fsp3) is 0.357. The van der Waals surface area contributed by atoms with Crippen molar-refractivity contribution in [2.75, 3.05) is 13.7 Å². The largest absolute Gasteiger partial charge is 0.497 e. The van der Waals surface area contributed by atoms with Gasteiger partial charge in [0, 0.05) is 0 Å². The Hall–Kier alpha value is -2.15. The van der Waals surface area contributed by atoms with E-state index in [9.17, 15) is 4.79 Å². The molecule has 18 heavy (non-hydrogen) atoms. The quantitative estimate of drug-likeness (QED) is 0.781. The molecule has 96 valence electrons. The number of benzene rings is 1. The van der Waals surface area contributed by atoms with Crippen molar-refractivity contribution in [2.24, 2.45) is 0 Å². The minimum Gasteiger partial charge on any atom is -0.497 e. The standard InChI is InChI=1S/C14H18N2O2/c1-4-10-15-14(17)16-13(5-2)11-6-8-12(18-3)9-7-11/h1,6-9,13H,5,10H2,2-3H3,(H2,15,16,17)/t13-/m1/s1. The number of methoxy groups -OCH3 is 1. The average molecular weight is 246 g/mol. The van der Waals surface area contributed by atoms with E-state index in [1.54, 1.807) is 7.11 Å². The summed E-state index contributed by atoms with van der Waals surface area (Å²) in [4.78, 5) is 11.5. The van der Waals surface area contributed by atoms with E-state index < -0.39 is 0 Å². The van der Waals surface area contributed by atoms with Crippen LogP contribution in [0.4, 0.5) is 4.79 Å². The van der Waals surface area contributed by atoms with E-state index in [2.05, 4.69) is 16.6 Å². The highest BCUT2D eigenvalue weighted by Crippen LogP contribution is 2.19. The summed E-state index contributed by atoms with van der Waals surface area (Å²) in [5, 5.41) is 5.45. The molecule has 2 amide bonds. The third-order valence-electron chi connectivity index (χ3n) is 2.58. The third-order valence-corrected chi connectivity index (χ3v) is 2.58. The van der Waals surface area contributed by atoms with Crippen molar-refractivity contribution < 1.29 is 9.53 Å². The van der Waals surface area contributed by atoms with Gasteiger partial charge in [0.2, 0.25) is 0 Å². The zero-order valence-electron chi connectivity index (χ0n) is 10.7. The number of carbonyl (C=O) groups excluding carboxylic acids is 1. The molecular weight excluding hydrogens is 228 g/mol. The van der Waals surface area contributed by atoms with Crippen LogP contribution in [0.15, 0.2) is 24.3 Å². The molecule has 0 unspecified atom stereocenters.